The molecule has 0 spiro atoms. The monoisotopic (exact) mass is 220 g/mol. The van der Waals surface area contributed by atoms with E-state index in [1.807, 2.05) is 0 Å². The molecule has 0 amide bonds. The number of carboxylic acid groups (broad SMARTS) is 1. The average Bonchev–Trinajstić information content (AvgIpc) is 2.21. The Morgan fingerprint density at radius 1 is 1.44 bits per heavy atom. The normalized spacial score (nSPS) is 10.8. The Kier molecular flexibility index (Phi) is 3.01. The van der Waals surface area contributed by atoms with E-state index in [4.69, 9.17) is 21.2 Å². The Balaban J connectivity index is 3.27. The third kappa shape index (κ3) is 2.22. The minimum Gasteiger partial charge on any atom is -0.504 e. The predicted molar refractivity (Wildman–Crippen MR) is 55.4 cm³/mol. The highest BCUT2D eigenvalue weighted by atomic mass is 16.4. The number of nitrogens with zero attached hydrogens (tertiary/aromatic N) is 1. The van der Waals surface area contributed by atoms with Crippen molar-refractivity contribution >= 4 is 17.7 Å². The lowest BCUT2D eigenvalue weighted by Gasteiger charge is -2.03. The highest BCUT2D eigenvalue weighted by Crippen LogP contribution is 2.32. The summed E-state index contributed by atoms with van der Waals surface area (Å²) in [5.74, 6) is -2.34. The molecule has 0 aliphatic carbocycles. The summed E-state index contributed by atoms with van der Waals surface area (Å²) in [7, 11) is 0. The molecule has 0 unspecified atom stereocenters. The molecule has 82 valence electrons. The van der Waals surface area contributed by atoms with Gasteiger partial charge in [0.2, 0.25) is 0 Å². The topological polar surface area (TPSA) is 128 Å². The summed E-state index contributed by atoms with van der Waals surface area (Å²) in [5.41, 5.74) is 4.96. The van der Waals surface area contributed by atoms with E-state index in [-0.39, 0.29) is 11.3 Å². The van der Waals surface area contributed by atoms with Gasteiger partial charge in [-0.2, -0.15) is 5.26 Å². The van der Waals surface area contributed by atoms with Crippen molar-refractivity contribution in [1.82, 2.24) is 0 Å². The number of carboxylic acids is 1. The highest BCUT2D eigenvalue weighted by Gasteiger charge is 2.09. The zero-order chi connectivity index (χ0) is 12.3. The van der Waals surface area contributed by atoms with Gasteiger partial charge in [-0.3, -0.25) is 0 Å². The minimum atomic E-state index is -1.38. The summed E-state index contributed by atoms with van der Waals surface area (Å²) in [6.45, 7) is 0. The summed E-state index contributed by atoms with van der Waals surface area (Å²) in [6, 6.07) is 3.83. The van der Waals surface area contributed by atoms with Crippen LogP contribution in [0.5, 0.6) is 11.5 Å². The average molecular weight is 220 g/mol. The molecule has 0 radical (unpaired) electrons. The van der Waals surface area contributed by atoms with Crippen molar-refractivity contribution in [3.05, 3.63) is 23.3 Å². The minimum absolute atomic E-state index is 0.103. The standard InChI is InChI=1S/C10H8N2O4/c11-4-6(10(15)16)1-5-2-7(12)9(14)8(13)3-5/h1-3,13-14H,12H2,(H,15,16)/b6-1+. The van der Waals surface area contributed by atoms with Gasteiger partial charge in [-0.1, -0.05) is 0 Å². The van der Waals surface area contributed by atoms with Crippen LogP contribution in [0.15, 0.2) is 17.7 Å². The largest absolute Gasteiger partial charge is 0.504 e. The van der Waals surface area contributed by atoms with Crippen molar-refractivity contribution in [1.29, 1.82) is 5.26 Å². The summed E-state index contributed by atoms with van der Waals surface area (Å²) in [5, 5.41) is 35.5. The second-order valence-corrected chi connectivity index (χ2v) is 2.95. The molecule has 16 heavy (non-hydrogen) atoms. The molecule has 0 aliphatic heterocycles. The van der Waals surface area contributed by atoms with Crippen molar-refractivity contribution in [2.75, 3.05) is 5.73 Å². The Morgan fingerprint density at radius 2 is 2.06 bits per heavy atom. The van der Waals surface area contributed by atoms with Gasteiger partial charge in [0, 0.05) is 0 Å². The van der Waals surface area contributed by atoms with Crippen LogP contribution in [0.2, 0.25) is 0 Å². The second kappa shape index (κ2) is 4.23. The van der Waals surface area contributed by atoms with Crippen molar-refractivity contribution in [3.63, 3.8) is 0 Å². The molecule has 6 nitrogen and oxygen atoms in total. The number of anilines is 1. The molecule has 0 heterocycles. The molecular weight excluding hydrogens is 212 g/mol. The van der Waals surface area contributed by atoms with Gasteiger partial charge in [0.25, 0.3) is 0 Å². The number of nitrogens with two attached hydrogens (primary N) is 1. The van der Waals surface area contributed by atoms with Crippen LogP contribution in [-0.4, -0.2) is 21.3 Å². The number of aromatic hydroxyl groups is 2. The van der Waals surface area contributed by atoms with Crippen molar-refractivity contribution in [2.24, 2.45) is 0 Å². The zero-order valence-electron chi connectivity index (χ0n) is 8.01. The van der Waals surface area contributed by atoms with Crippen LogP contribution in [0.1, 0.15) is 5.56 Å². The molecule has 0 saturated carbocycles. The van der Waals surface area contributed by atoms with E-state index in [1.165, 1.54) is 12.1 Å². The highest BCUT2D eigenvalue weighted by molar-refractivity contribution is 5.96. The number of rotatable bonds is 2. The van der Waals surface area contributed by atoms with Crippen molar-refractivity contribution < 1.29 is 20.1 Å². The van der Waals surface area contributed by atoms with E-state index < -0.39 is 23.0 Å². The Morgan fingerprint density at radius 3 is 2.50 bits per heavy atom. The third-order valence-corrected chi connectivity index (χ3v) is 1.80. The first-order valence-corrected chi connectivity index (χ1v) is 4.12. The molecule has 1 aromatic carbocycles. The number of hydrogen-bond acceptors (Lipinski definition) is 5. The fraction of sp³-hybridized carbons (Fsp3) is 0. The number of phenolic OH excluding ortho intramolecular Hbond substituents is 2. The van der Waals surface area contributed by atoms with E-state index >= 15 is 0 Å². The molecule has 0 fully saturated rings. The zero-order valence-corrected chi connectivity index (χ0v) is 8.01. The third-order valence-electron chi connectivity index (χ3n) is 1.80. The molecule has 0 aliphatic rings. The first kappa shape index (κ1) is 11.4. The van der Waals surface area contributed by atoms with Gasteiger partial charge in [-0.15, -0.1) is 0 Å². The van der Waals surface area contributed by atoms with Crippen molar-refractivity contribution in [3.8, 4) is 17.6 Å². The van der Waals surface area contributed by atoms with E-state index in [0.29, 0.717) is 0 Å². The number of nitrogen functional groups attached to an aromatic ring is 1. The lowest BCUT2D eigenvalue weighted by molar-refractivity contribution is -0.132. The number of phenols is 2. The van der Waals surface area contributed by atoms with Crippen LogP contribution in [0.4, 0.5) is 5.69 Å². The maximum absolute atomic E-state index is 10.5. The van der Waals surface area contributed by atoms with Crippen LogP contribution in [-0.2, 0) is 4.79 Å². The number of aliphatic carboxylic acids is 1. The summed E-state index contributed by atoms with van der Waals surface area (Å²) < 4.78 is 0. The fourth-order valence-corrected chi connectivity index (χ4v) is 1.06. The van der Waals surface area contributed by atoms with E-state index in [1.54, 1.807) is 0 Å². The first-order chi connectivity index (χ1) is 7.45. The first-order valence-electron chi connectivity index (χ1n) is 4.12. The van der Waals surface area contributed by atoms with E-state index in [9.17, 15) is 9.90 Å². The number of hydrogen-bond donors (Lipinski definition) is 4. The van der Waals surface area contributed by atoms with Gasteiger partial charge in [-0.05, 0) is 23.8 Å². The molecule has 0 aromatic heterocycles. The summed E-state index contributed by atoms with van der Waals surface area (Å²) in [4.78, 5) is 10.5. The molecule has 1 rings (SSSR count). The lowest BCUT2D eigenvalue weighted by Crippen LogP contribution is -1.97. The van der Waals surface area contributed by atoms with Crippen LogP contribution in [0.25, 0.3) is 6.08 Å². The Hall–Kier alpha value is -2.68. The smallest absolute Gasteiger partial charge is 0.346 e. The van der Waals surface area contributed by atoms with E-state index in [0.717, 1.165) is 12.1 Å². The van der Waals surface area contributed by atoms with Crippen LogP contribution in [0, 0.1) is 11.3 Å². The summed E-state index contributed by atoms with van der Waals surface area (Å²) >= 11 is 0. The number of benzene rings is 1. The quantitative estimate of drug-likeness (QED) is 0.251. The molecule has 6 heteroatoms. The van der Waals surface area contributed by atoms with Gasteiger partial charge >= 0.3 is 5.97 Å². The molecule has 1 aromatic rings. The molecule has 0 bridgehead atoms. The number of carbonyl (C=O) groups is 1. The van der Waals surface area contributed by atoms with E-state index in [2.05, 4.69) is 0 Å². The molecular formula is C10H8N2O4. The van der Waals surface area contributed by atoms with Gasteiger partial charge in [0.05, 0.1) is 5.69 Å². The van der Waals surface area contributed by atoms with Crippen LogP contribution in [0.3, 0.4) is 0 Å². The maximum Gasteiger partial charge on any atom is 0.346 e. The predicted octanol–water partition coefficient (Wildman–Crippen LogP) is 0.672. The fourth-order valence-electron chi connectivity index (χ4n) is 1.06. The SMILES string of the molecule is N#C/C(=C\c1cc(N)c(O)c(O)c1)C(=O)O. The van der Waals surface area contributed by atoms with Crippen LogP contribution < -0.4 is 5.73 Å². The Bertz CT molecular complexity index is 491. The molecule has 0 saturated heterocycles. The lowest BCUT2D eigenvalue weighted by atomic mass is 10.1. The van der Waals surface area contributed by atoms with Crippen LogP contribution >= 0.6 is 0 Å². The number of nitriles is 1. The molecule has 0 atom stereocenters. The van der Waals surface area contributed by atoms with Crippen molar-refractivity contribution in [2.45, 2.75) is 0 Å². The van der Waals surface area contributed by atoms with Gasteiger partial charge < -0.3 is 21.1 Å². The Labute approximate surface area is 90.5 Å². The van der Waals surface area contributed by atoms with Gasteiger partial charge in [0.15, 0.2) is 11.5 Å². The van der Waals surface area contributed by atoms with Gasteiger partial charge in [-0.25, -0.2) is 4.79 Å². The van der Waals surface area contributed by atoms with Gasteiger partial charge in [0.1, 0.15) is 11.6 Å². The molecule has 5 N–H and O–H groups in total. The summed E-state index contributed by atoms with van der Waals surface area (Å²) in [6.07, 6.45) is 1.04. The maximum atomic E-state index is 10.5. The second-order valence-electron chi connectivity index (χ2n) is 2.95.